The second kappa shape index (κ2) is 11.5. The Hall–Kier alpha value is -3.54. The van der Waals surface area contributed by atoms with E-state index in [0.717, 1.165) is 40.1 Å². The van der Waals surface area contributed by atoms with E-state index in [1.807, 2.05) is 43.1 Å². The number of amides is 1. The van der Waals surface area contributed by atoms with Crippen molar-refractivity contribution in [2.45, 2.75) is 19.6 Å². The third-order valence-electron chi connectivity index (χ3n) is 6.97. The zero-order valence-electron chi connectivity index (χ0n) is 22.0. The summed E-state index contributed by atoms with van der Waals surface area (Å²) in [6, 6.07) is 14.8. The SMILES string of the molecule is Cc1ccc(Nc2ncc3cccc(Br)c3n2)cc1NC(=O)c1ccc(CN2CCN(C)CC2)c(C(F)(F)F)c1. The van der Waals surface area contributed by atoms with Crippen LogP contribution in [-0.2, 0) is 12.7 Å². The quantitative estimate of drug-likeness (QED) is 0.260. The highest BCUT2D eigenvalue weighted by atomic mass is 79.9. The second-order valence-corrected chi connectivity index (χ2v) is 10.8. The zero-order valence-corrected chi connectivity index (χ0v) is 23.6. The maximum atomic E-state index is 14.0. The summed E-state index contributed by atoms with van der Waals surface area (Å²) in [5.41, 5.74) is 1.90. The number of fused-ring (bicyclic) bond motifs is 1. The summed E-state index contributed by atoms with van der Waals surface area (Å²) in [6.07, 6.45) is -2.87. The Labute approximate surface area is 238 Å². The van der Waals surface area contributed by atoms with Crippen molar-refractivity contribution in [3.63, 3.8) is 0 Å². The van der Waals surface area contributed by atoms with Gasteiger partial charge in [0.25, 0.3) is 5.91 Å². The molecule has 0 atom stereocenters. The van der Waals surface area contributed by atoms with E-state index < -0.39 is 17.6 Å². The highest BCUT2D eigenvalue weighted by Crippen LogP contribution is 2.34. The summed E-state index contributed by atoms with van der Waals surface area (Å²) >= 11 is 3.50. The molecular weight excluding hydrogens is 585 g/mol. The zero-order chi connectivity index (χ0) is 28.4. The fourth-order valence-electron chi connectivity index (χ4n) is 4.60. The van der Waals surface area contributed by atoms with Gasteiger partial charge in [-0.1, -0.05) is 24.3 Å². The lowest BCUT2D eigenvalue weighted by Crippen LogP contribution is -2.44. The van der Waals surface area contributed by atoms with Crippen LogP contribution in [0.15, 0.2) is 65.3 Å². The van der Waals surface area contributed by atoms with Crippen molar-refractivity contribution in [2.24, 2.45) is 0 Å². The number of halogens is 4. The molecule has 0 saturated carbocycles. The molecule has 0 unspecified atom stereocenters. The molecule has 2 N–H and O–H groups in total. The lowest BCUT2D eigenvalue weighted by molar-refractivity contribution is -0.138. The van der Waals surface area contributed by atoms with Gasteiger partial charge in [-0.25, -0.2) is 9.97 Å². The number of hydrogen-bond acceptors (Lipinski definition) is 6. The maximum absolute atomic E-state index is 14.0. The predicted octanol–water partition coefficient (Wildman–Crippen LogP) is 6.46. The van der Waals surface area contributed by atoms with E-state index in [1.54, 1.807) is 18.3 Å². The number of alkyl halides is 3. The third-order valence-corrected chi connectivity index (χ3v) is 7.61. The number of nitrogens with one attached hydrogen (secondary N) is 2. The third kappa shape index (κ3) is 6.43. The minimum absolute atomic E-state index is 0.0603. The van der Waals surface area contributed by atoms with E-state index in [1.165, 1.54) is 12.1 Å². The first kappa shape index (κ1) is 28.0. The van der Waals surface area contributed by atoms with Gasteiger partial charge in [0.05, 0.1) is 11.1 Å². The van der Waals surface area contributed by atoms with Gasteiger partial charge < -0.3 is 15.5 Å². The lowest BCUT2D eigenvalue weighted by Gasteiger charge is -2.33. The Kier molecular flexibility index (Phi) is 8.07. The van der Waals surface area contributed by atoms with Crippen LogP contribution in [0.4, 0.5) is 30.5 Å². The first-order valence-electron chi connectivity index (χ1n) is 12.8. The summed E-state index contributed by atoms with van der Waals surface area (Å²) in [7, 11) is 2.00. The molecule has 1 aliphatic rings. The number of para-hydroxylation sites is 1. The second-order valence-electron chi connectivity index (χ2n) is 9.93. The average Bonchev–Trinajstić information content (AvgIpc) is 2.92. The van der Waals surface area contributed by atoms with Crippen molar-refractivity contribution in [2.75, 3.05) is 43.9 Å². The van der Waals surface area contributed by atoms with Crippen molar-refractivity contribution in [1.82, 2.24) is 19.8 Å². The number of aromatic nitrogens is 2. The molecule has 3 aromatic carbocycles. The first-order chi connectivity index (χ1) is 19.1. The summed E-state index contributed by atoms with van der Waals surface area (Å²) in [5.74, 6) is -0.255. The molecule has 0 aliphatic carbocycles. The fourth-order valence-corrected chi connectivity index (χ4v) is 5.07. The van der Waals surface area contributed by atoms with Crippen LogP contribution in [0.2, 0.25) is 0 Å². The lowest BCUT2D eigenvalue weighted by atomic mass is 10.0. The van der Waals surface area contributed by atoms with Gasteiger partial charge in [-0.2, -0.15) is 13.2 Å². The van der Waals surface area contributed by atoms with Crippen LogP contribution in [0.5, 0.6) is 0 Å². The first-order valence-corrected chi connectivity index (χ1v) is 13.6. The van der Waals surface area contributed by atoms with Gasteiger partial charge in [0, 0.05) is 65.7 Å². The molecule has 7 nitrogen and oxygen atoms in total. The number of likely N-dealkylation sites (N-methyl/N-ethyl adjacent to an activating group) is 1. The van der Waals surface area contributed by atoms with Crippen molar-refractivity contribution in [3.05, 3.63) is 87.5 Å². The van der Waals surface area contributed by atoms with E-state index in [-0.39, 0.29) is 17.7 Å². The van der Waals surface area contributed by atoms with Crippen LogP contribution in [0, 0.1) is 6.92 Å². The molecule has 0 bridgehead atoms. The highest BCUT2D eigenvalue weighted by molar-refractivity contribution is 9.10. The van der Waals surface area contributed by atoms with E-state index in [9.17, 15) is 18.0 Å². The molecular formula is C29H28BrF3N6O. The number of carbonyl (C=O) groups is 1. The number of benzene rings is 3. The topological polar surface area (TPSA) is 73.4 Å². The largest absolute Gasteiger partial charge is 0.416 e. The van der Waals surface area contributed by atoms with Gasteiger partial charge in [0.1, 0.15) is 0 Å². The number of rotatable bonds is 6. The predicted molar refractivity (Wildman–Crippen MR) is 154 cm³/mol. The fraction of sp³-hybridized carbons (Fsp3) is 0.276. The number of nitrogens with zero attached hydrogens (tertiary/aromatic N) is 4. The van der Waals surface area contributed by atoms with Crippen LogP contribution in [-0.4, -0.2) is 58.9 Å². The molecule has 0 radical (unpaired) electrons. The molecule has 1 saturated heterocycles. The van der Waals surface area contributed by atoms with E-state index in [0.29, 0.717) is 30.4 Å². The summed E-state index contributed by atoms with van der Waals surface area (Å²) < 4.78 is 42.8. The average molecular weight is 613 g/mol. The van der Waals surface area contributed by atoms with Crippen LogP contribution in [0.25, 0.3) is 10.9 Å². The molecule has 4 aromatic rings. The van der Waals surface area contributed by atoms with Gasteiger partial charge in [0.2, 0.25) is 5.95 Å². The Morgan fingerprint density at radius 2 is 1.82 bits per heavy atom. The molecule has 1 amide bonds. The van der Waals surface area contributed by atoms with E-state index in [2.05, 4.69) is 41.4 Å². The van der Waals surface area contributed by atoms with Crippen molar-refractivity contribution in [3.8, 4) is 0 Å². The Morgan fingerprint density at radius 3 is 2.58 bits per heavy atom. The van der Waals surface area contributed by atoms with Crippen molar-refractivity contribution >= 4 is 50.1 Å². The number of hydrogen-bond donors (Lipinski definition) is 2. The van der Waals surface area contributed by atoms with Crippen LogP contribution in [0.3, 0.4) is 0 Å². The smallest absolute Gasteiger partial charge is 0.324 e. The molecule has 1 fully saturated rings. The minimum atomic E-state index is -4.58. The van der Waals surface area contributed by atoms with Crippen LogP contribution in [0.1, 0.15) is 27.0 Å². The minimum Gasteiger partial charge on any atom is -0.324 e. The van der Waals surface area contributed by atoms with E-state index >= 15 is 0 Å². The molecule has 1 aliphatic heterocycles. The van der Waals surface area contributed by atoms with Crippen LogP contribution < -0.4 is 10.6 Å². The molecule has 0 spiro atoms. The van der Waals surface area contributed by atoms with Gasteiger partial charge in [-0.05, 0) is 71.4 Å². The van der Waals surface area contributed by atoms with Gasteiger partial charge in [-0.3, -0.25) is 9.69 Å². The molecule has 1 aromatic heterocycles. The molecule has 5 rings (SSSR count). The summed E-state index contributed by atoms with van der Waals surface area (Å²) in [4.78, 5) is 26.1. The van der Waals surface area contributed by atoms with Gasteiger partial charge in [0.15, 0.2) is 0 Å². The van der Waals surface area contributed by atoms with Gasteiger partial charge in [-0.15, -0.1) is 0 Å². The number of piperazine rings is 1. The number of anilines is 3. The standard InChI is InChI=1S/C29H28BrF3N6O/c1-18-6-9-22(35-28-34-16-20-4-3-5-24(30)26(20)37-28)15-25(18)36-27(40)19-7-8-21(23(14-19)29(31,32)33)17-39-12-10-38(2)11-13-39/h3-9,14-16H,10-13,17H2,1-2H3,(H,36,40)(H,34,35,37). The number of carbonyl (C=O) groups excluding carboxylic acids is 1. The summed E-state index contributed by atoms with van der Waals surface area (Å²) in [5, 5.41) is 6.78. The summed E-state index contributed by atoms with van der Waals surface area (Å²) in [6.45, 7) is 5.00. The Balaban J connectivity index is 1.34. The van der Waals surface area contributed by atoms with Crippen molar-refractivity contribution in [1.29, 1.82) is 0 Å². The number of aryl methyl sites for hydroxylation is 1. The highest BCUT2D eigenvalue weighted by Gasteiger charge is 2.34. The van der Waals surface area contributed by atoms with Gasteiger partial charge >= 0.3 is 6.18 Å². The molecule has 2 heterocycles. The van der Waals surface area contributed by atoms with Crippen molar-refractivity contribution < 1.29 is 18.0 Å². The maximum Gasteiger partial charge on any atom is 0.416 e. The molecule has 40 heavy (non-hydrogen) atoms. The monoisotopic (exact) mass is 612 g/mol. The Bertz CT molecular complexity index is 1550. The van der Waals surface area contributed by atoms with Crippen LogP contribution >= 0.6 is 15.9 Å². The van der Waals surface area contributed by atoms with E-state index in [4.69, 9.17) is 0 Å². The normalized spacial score (nSPS) is 14.8. The molecule has 11 heteroatoms. The Morgan fingerprint density at radius 1 is 1.05 bits per heavy atom. The molecule has 208 valence electrons.